The number of hydrogen-bond acceptors (Lipinski definition) is 2. The van der Waals surface area contributed by atoms with Crippen molar-refractivity contribution in [1.82, 2.24) is 20.0 Å². The van der Waals surface area contributed by atoms with Gasteiger partial charge in [-0.25, -0.2) is 4.68 Å². The molecule has 0 aliphatic carbocycles. The molecule has 0 fully saturated rings. The van der Waals surface area contributed by atoms with E-state index in [1.165, 1.54) is 5.56 Å². The molecule has 2 aromatic carbocycles. The van der Waals surface area contributed by atoms with Crippen molar-refractivity contribution in [3.63, 3.8) is 0 Å². The van der Waals surface area contributed by atoms with Gasteiger partial charge in [-0.3, -0.25) is 15.0 Å². The molecule has 0 saturated carbocycles. The molecular weight excluding hydrogens is 324 g/mol. The van der Waals surface area contributed by atoms with Crippen LogP contribution in [0.5, 0.6) is 0 Å². The van der Waals surface area contributed by atoms with Crippen LogP contribution in [0.4, 0.5) is 0 Å². The Labute approximate surface area is 149 Å². The number of aromatic nitrogens is 4. The molecule has 0 atom stereocenters. The predicted molar refractivity (Wildman–Crippen MR) is 103 cm³/mol. The molecular formula is C21H18N4O. The van der Waals surface area contributed by atoms with Gasteiger partial charge in [-0.2, -0.15) is 5.10 Å². The lowest BCUT2D eigenvalue weighted by Gasteiger charge is -2.01. The lowest BCUT2D eigenvalue weighted by molar-refractivity contribution is 0.884. The number of para-hydroxylation sites is 1. The number of aryl methyl sites for hydroxylation is 1. The summed E-state index contributed by atoms with van der Waals surface area (Å²) in [7, 11) is 0. The molecule has 2 heterocycles. The van der Waals surface area contributed by atoms with Gasteiger partial charge in [0.25, 0.3) is 5.56 Å². The Morgan fingerprint density at radius 3 is 2.42 bits per heavy atom. The molecule has 0 radical (unpaired) electrons. The van der Waals surface area contributed by atoms with Gasteiger partial charge in [-0.05, 0) is 25.1 Å². The summed E-state index contributed by atoms with van der Waals surface area (Å²) in [4.78, 5) is 12.0. The molecule has 0 saturated heterocycles. The molecule has 0 aliphatic heterocycles. The van der Waals surface area contributed by atoms with E-state index >= 15 is 0 Å². The average molecular weight is 342 g/mol. The number of nitrogens with zero attached hydrogens (tertiary/aromatic N) is 2. The monoisotopic (exact) mass is 342 g/mol. The van der Waals surface area contributed by atoms with Crippen LogP contribution in [0.1, 0.15) is 11.1 Å². The number of nitrogens with one attached hydrogen (secondary N) is 2. The van der Waals surface area contributed by atoms with Crippen LogP contribution in [-0.4, -0.2) is 20.0 Å². The predicted octanol–water partition coefficient (Wildman–Crippen LogP) is 2.10. The lowest BCUT2D eigenvalue weighted by Crippen LogP contribution is -2.32. The van der Waals surface area contributed by atoms with Crippen molar-refractivity contribution >= 4 is 12.7 Å². The normalized spacial score (nSPS) is 11.8. The Morgan fingerprint density at radius 2 is 1.77 bits per heavy atom. The van der Waals surface area contributed by atoms with Crippen molar-refractivity contribution in [3.8, 4) is 16.9 Å². The lowest BCUT2D eigenvalue weighted by atomic mass is 10.1. The molecule has 0 spiro atoms. The van der Waals surface area contributed by atoms with Crippen molar-refractivity contribution < 1.29 is 0 Å². The van der Waals surface area contributed by atoms with Crippen LogP contribution in [0.25, 0.3) is 29.6 Å². The van der Waals surface area contributed by atoms with E-state index in [1.54, 1.807) is 0 Å². The third-order valence-corrected chi connectivity index (χ3v) is 4.28. The maximum Gasteiger partial charge on any atom is 0.271 e. The first-order valence-corrected chi connectivity index (χ1v) is 8.31. The SMILES string of the molecule is C=c1[nH][nH]c(=O)/c1=C\c1cn(-c2ccccc2)nc1-c1ccc(C)cc1. The highest BCUT2D eigenvalue weighted by Crippen LogP contribution is 2.24. The molecule has 4 rings (SSSR count). The summed E-state index contributed by atoms with van der Waals surface area (Å²) in [6, 6.07) is 18.1. The van der Waals surface area contributed by atoms with Crippen LogP contribution in [0.2, 0.25) is 0 Å². The molecule has 4 aromatic rings. The van der Waals surface area contributed by atoms with Gasteiger partial charge in [-0.1, -0.05) is 54.6 Å². The summed E-state index contributed by atoms with van der Waals surface area (Å²) in [5, 5.41) is 11.1. The zero-order valence-corrected chi connectivity index (χ0v) is 14.4. The second-order valence-electron chi connectivity index (χ2n) is 6.19. The van der Waals surface area contributed by atoms with Crippen LogP contribution in [0.3, 0.4) is 0 Å². The van der Waals surface area contributed by atoms with Gasteiger partial charge in [0.2, 0.25) is 0 Å². The fraction of sp³-hybridized carbons (Fsp3) is 0.0476. The highest BCUT2D eigenvalue weighted by atomic mass is 16.1. The quantitative estimate of drug-likeness (QED) is 0.599. The second-order valence-corrected chi connectivity index (χ2v) is 6.19. The summed E-state index contributed by atoms with van der Waals surface area (Å²) in [6.45, 7) is 5.92. The zero-order valence-electron chi connectivity index (χ0n) is 14.4. The summed E-state index contributed by atoms with van der Waals surface area (Å²) >= 11 is 0. The van der Waals surface area contributed by atoms with E-state index in [0.717, 1.165) is 22.5 Å². The molecule has 0 amide bonds. The van der Waals surface area contributed by atoms with Crippen molar-refractivity contribution in [2.24, 2.45) is 0 Å². The number of benzene rings is 2. The minimum absolute atomic E-state index is 0.197. The van der Waals surface area contributed by atoms with Crippen molar-refractivity contribution in [1.29, 1.82) is 0 Å². The Kier molecular flexibility index (Phi) is 3.89. The molecule has 5 nitrogen and oxygen atoms in total. The second kappa shape index (κ2) is 6.37. The van der Waals surface area contributed by atoms with E-state index in [9.17, 15) is 4.79 Å². The number of rotatable bonds is 3. The Morgan fingerprint density at radius 1 is 1.04 bits per heavy atom. The summed E-state index contributed by atoms with van der Waals surface area (Å²) < 4.78 is 1.82. The maximum atomic E-state index is 12.0. The first-order chi connectivity index (χ1) is 12.6. The largest absolute Gasteiger partial charge is 0.298 e. The first kappa shape index (κ1) is 15.9. The van der Waals surface area contributed by atoms with Gasteiger partial charge in [0.05, 0.1) is 21.9 Å². The van der Waals surface area contributed by atoms with E-state index < -0.39 is 0 Å². The zero-order chi connectivity index (χ0) is 18.1. The van der Waals surface area contributed by atoms with E-state index in [-0.39, 0.29) is 5.56 Å². The van der Waals surface area contributed by atoms with Crippen molar-refractivity contribution in [3.05, 3.63) is 92.8 Å². The maximum absolute atomic E-state index is 12.0. The van der Waals surface area contributed by atoms with E-state index in [2.05, 4.69) is 28.9 Å². The molecule has 5 heteroatoms. The fourth-order valence-corrected chi connectivity index (χ4v) is 2.85. The number of H-pyrrole nitrogens is 2. The summed E-state index contributed by atoms with van der Waals surface area (Å²) in [6.07, 6.45) is 3.75. The van der Waals surface area contributed by atoms with Gasteiger partial charge in [0.1, 0.15) is 0 Å². The molecule has 26 heavy (non-hydrogen) atoms. The van der Waals surface area contributed by atoms with Gasteiger partial charge in [0, 0.05) is 17.3 Å². The van der Waals surface area contributed by atoms with Gasteiger partial charge < -0.3 is 0 Å². The van der Waals surface area contributed by atoms with Crippen LogP contribution >= 0.6 is 0 Å². The van der Waals surface area contributed by atoms with Crippen molar-refractivity contribution in [2.75, 3.05) is 0 Å². The molecule has 2 aromatic heterocycles. The molecule has 0 bridgehead atoms. The minimum Gasteiger partial charge on any atom is -0.298 e. The fourth-order valence-electron chi connectivity index (χ4n) is 2.85. The molecule has 128 valence electrons. The third kappa shape index (κ3) is 2.91. The minimum atomic E-state index is -0.197. The van der Waals surface area contributed by atoms with E-state index in [4.69, 9.17) is 5.10 Å². The molecule has 2 N–H and O–H groups in total. The highest BCUT2D eigenvalue weighted by molar-refractivity contribution is 5.72. The van der Waals surface area contributed by atoms with Gasteiger partial charge in [0.15, 0.2) is 0 Å². The Hall–Kier alpha value is -3.60. The summed E-state index contributed by atoms with van der Waals surface area (Å²) in [5.74, 6) is 0. The topological polar surface area (TPSA) is 66.5 Å². The van der Waals surface area contributed by atoms with E-state index in [1.807, 2.05) is 66.3 Å². The van der Waals surface area contributed by atoms with E-state index in [0.29, 0.717) is 10.6 Å². The average Bonchev–Trinajstić information content (AvgIpc) is 3.22. The van der Waals surface area contributed by atoms with Gasteiger partial charge >= 0.3 is 0 Å². The molecule has 0 unspecified atom stereocenters. The number of hydrogen-bond donors (Lipinski definition) is 2. The van der Waals surface area contributed by atoms with Gasteiger partial charge in [-0.15, -0.1) is 0 Å². The Balaban J connectivity index is 1.96. The van der Waals surface area contributed by atoms with Crippen LogP contribution in [0, 0.1) is 6.92 Å². The smallest absolute Gasteiger partial charge is 0.271 e. The molecule has 0 aliphatic rings. The van der Waals surface area contributed by atoms with Crippen LogP contribution < -0.4 is 16.1 Å². The van der Waals surface area contributed by atoms with Crippen LogP contribution in [0.15, 0.2) is 65.6 Å². The highest BCUT2D eigenvalue weighted by Gasteiger charge is 2.11. The van der Waals surface area contributed by atoms with Crippen molar-refractivity contribution in [2.45, 2.75) is 6.92 Å². The van der Waals surface area contributed by atoms with Crippen LogP contribution in [-0.2, 0) is 0 Å². The third-order valence-electron chi connectivity index (χ3n) is 4.28. The number of aromatic amines is 2. The summed E-state index contributed by atoms with van der Waals surface area (Å²) in [5.41, 5.74) is 4.61. The standard InChI is InChI=1S/C21H18N4O/c1-14-8-10-16(11-9-14)20-17(12-19-15(2)22-23-21(19)26)13-25(24-20)18-6-4-3-5-7-18/h3-13,22H,2H2,1H3,(H,23,26)/b19-12-. The Bertz CT molecular complexity index is 1180. The first-order valence-electron chi connectivity index (χ1n) is 8.31.